The van der Waals surface area contributed by atoms with Crippen LogP contribution in [0.5, 0.6) is 0 Å². The van der Waals surface area contributed by atoms with E-state index in [0.717, 1.165) is 11.5 Å². The van der Waals surface area contributed by atoms with E-state index in [-0.39, 0.29) is 5.41 Å². The number of ketones is 1. The SMILES string of the molecule is O=C1CSCC12CCC2. The van der Waals surface area contributed by atoms with Gasteiger partial charge in [-0.15, -0.1) is 0 Å². The lowest BCUT2D eigenvalue weighted by Crippen LogP contribution is -2.36. The van der Waals surface area contributed by atoms with Crippen LogP contribution in [0, 0.1) is 5.41 Å². The first-order chi connectivity index (χ1) is 4.33. The van der Waals surface area contributed by atoms with Crippen molar-refractivity contribution < 1.29 is 4.79 Å². The Morgan fingerprint density at radius 1 is 1.44 bits per heavy atom. The predicted molar refractivity (Wildman–Crippen MR) is 38.6 cm³/mol. The molecule has 0 unspecified atom stereocenters. The average molecular weight is 142 g/mol. The molecule has 1 aliphatic carbocycles. The van der Waals surface area contributed by atoms with Crippen molar-refractivity contribution in [3.8, 4) is 0 Å². The van der Waals surface area contributed by atoms with E-state index in [4.69, 9.17) is 0 Å². The molecular weight excluding hydrogens is 132 g/mol. The van der Waals surface area contributed by atoms with E-state index < -0.39 is 0 Å². The van der Waals surface area contributed by atoms with Gasteiger partial charge in [0, 0.05) is 11.2 Å². The second-order valence-corrected chi connectivity index (χ2v) is 4.04. The molecule has 2 fully saturated rings. The van der Waals surface area contributed by atoms with Crippen molar-refractivity contribution in [1.29, 1.82) is 0 Å². The van der Waals surface area contributed by atoms with Crippen LogP contribution in [0.3, 0.4) is 0 Å². The van der Waals surface area contributed by atoms with Gasteiger partial charge in [0.25, 0.3) is 0 Å². The largest absolute Gasteiger partial charge is 0.298 e. The Kier molecular flexibility index (Phi) is 1.12. The number of rotatable bonds is 0. The number of Topliss-reactive ketones (excluding diaryl/α,β-unsaturated/α-hetero) is 1. The predicted octanol–water partition coefficient (Wildman–Crippen LogP) is 1.47. The van der Waals surface area contributed by atoms with Crippen molar-refractivity contribution in [3.05, 3.63) is 0 Å². The van der Waals surface area contributed by atoms with Crippen molar-refractivity contribution in [3.63, 3.8) is 0 Å². The maximum atomic E-state index is 11.2. The standard InChI is InChI=1S/C7H10OS/c8-6-4-9-5-7(6)2-1-3-7/h1-5H2. The lowest BCUT2D eigenvalue weighted by Gasteiger charge is -2.35. The van der Waals surface area contributed by atoms with Crippen molar-refractivity contribution in [1.82, 2.24) is 0 Å². The lowest BCUT2D eigenvalue weighted by molar-refractivity contribution is -0.128. The molecule has 1 aliphatic heterocycles. The number of hydrogen-bond donors (Lipinski definition) is 0. The van der Waals surface area contributed by atoms with Gasteiger partial charge in [0.05, 0.1) is 5.75 Å². The molecule has 2 aliphatic rings. The van der Waals surface area contributed by atoms with Gasteiger partial charge in [0.2, 0.25) is 0 Å². The summed E-state index contributed by atoms with van der Waals surface area (Å²) < 4.78 is 0. The highest BCUT2D eigenvalue weighted by molar-refractivity contribution is 8.00. The van der Waals surface area contributed by atoms with Crippen molar-refractivity contribution >= 4 is 17.5 Å². The molecule has 0 radical (unpaired) electrons. The zero-order valence-electron chi connectivity index (χ0n) is 5.35. The van der Waals surface area contributed by atoms with Gasteiger partial charge in [-0.2, -0.15) is 11.8 Å². The van der Waals surface area contributed by atoms with Gasteiger partial charge in [0.1, 0.15) is 5.78 Å². The molecule has 50 valence electrons. The second-order valence-electron chi connectivity index (χ2n) is 3.05. The fraction of sp³-hybridized carbons (Fsp3) is 0.857. The molecule has 0 aromatic rings. The summed E-state index contributed by atoms with van der Waals surface area (Å²) in [5.41, 5.74) is 0.199. The van der Waals surface area contributed by atoms with E-state index in [0.29, 0.717) is 5.78 Å². The Morgan fingerprint density at radius 2 is 2.22 bits per heavy atom. The Balaban J connectivity index is 2.17. The monoisotopic (exact) mass is 142 g/mol. The molecule has 1 saturated heterocycles. The first kappa shape index (κ1) is 5.78. The summed E-state index contributed by atoms with van der Waals surface area (Å²) in [5.74, 6) is 2.44. The first-order valence-electron chi connectivity index (χ1n) is 3.45. The first-order valence-corrected chi connectivity index (χ1v) is 4.60. The van der Waals surface area contributed by atoms with Crippen molar-refractivity contribution in [2.75, 3.05) is 11.5 Å². The fourth-order valence-corrected chi connectivity index (χ4v) is 3.03. The molecule has 2 heteroatoms. The minimum Gasteiger partial charge on any atom is -0.298 e. The molecule has 9 heavy (non-hydrogen) atoms. The Morgan fingerprint density at radius 3 is 2.44 bits per heavy atom. The summed E-state index contributed by atoms with van der Waals surface area (Å²) >= 11 is 1.82. The van der Waals surface area contributed by atoms with E-state index in [1.54, 1.807) is 0 Å². The van der Waals surface area contributed by atoms with Gasteiger partial charge in [-0.05, 0) is 12.8 Å². The maximum absolute atomic E-state index is 11.2. The third kappa shape index (κ3) is 0.658. The van der Waals surface area contributed by atoms with Gasteiger partial charge < -0.3 is 0 Å². The maximum Gasteiger partial charge on any atom is 0.149 e. The normalized spacial score (nSPS) is 30.9. The van der Waals surface area contributed by atoms with Crippen LogP contribution in [-0.4, -0.2) is 17.3 Å². The molecule has 1 heterocycles. The molecule has 1 nitrogen and oxygen atoms in total. The van der Waals surface area contributed by atoms with Gasteiger partial charge >= 0.3 is 0 Å². The highest BCUT2D eigenvalue weighted by Crippen LogP contribution is 2.48. The van der Waals surface area contributed by atoms with Crippen LogP contribution >= 0.6 is 11.8 Å². The Labute approximate surface area is 59.2 Å². The molecular formula is C7H10OS. The second kappa shape index (κ2) is 1.75. The molecule has 0 N–H and O–H groups in total. The van der Waals surface area contributed by atoms with Crippen LogP contribution in [0.2, 0.25) is 0 Å². The van der Waals surface area contributed by atoms with Crippen molar-refractivity contribution in [2.45, 2.75) is 19.3 Å². The molecule has 0 amide bonds. The van der Waals surface area contributed by atoms with Crippen LogP contribution in [0.1, 0.15) is 19.3 Å². The quantitative estimate of drug-likeness (QED) is 0.509. The molecule has 0 atom stereocenters. The third-order valence-corrected chi connectivity index (χ3v) is 3.74. The van der Waals surface area contributed by atoms with Gasteiger partial charge in [0.15, 0.2) is 0 Å². The van der Waals surface area contributed by atoms with Gasteiger partial charge in [-0.3, -0.25) is 4.79 Å². The van der Waals surface area contributed by atoms with E-state index in [2.05, 4.69) is 0 Å². The topological polar surface area (TPSA) is 17.1 Å². The highest BCUT2D eigenvalue weighted by Gasteiger charge is 2.46. The summed E-state index contributed by atoms with van der Waals surface area (Å²) in [5, 5.41) is 0. The number of thioether (sulfide) groups is 1. The van der Waals surface area contributed by atoms with Crippen LogP contribution in [0.4, 0.5) is 0 Å². The van der Waals surface area contributed by atoms with Gasteiger partial charge in [-0.1, -0.05) is 6.42 Å². The number of carbonyl (C=O) groups is 1. The minimum atomic E-state index is 0.199. The summed E-state index contributed by atoms with van der Waals surface area (Å²) in [6.45, 7) is 0. The minimum absolute atomic E-state index is 0.199. The van der Waals surface area contributed by atoms with E-state index in [1.165, 1.54) is 19.3 Å². The van der Waals surface area contributed by atoms with Crippen molar-refractivity contribution in [2.24, 2.45) is 5.41 Å². The van der Waals surface area contributed by atoms with E-state index in [1.807, 2.05) is 11.8 Å². The smallest absolute Gasteiger partial charge is 0.149 e. The summed E-state index contributed by atoms with van der Waals surface area (Å²) in [6, 6.07) is 0. The Hall–Kier alpha value is 0.0200. The third-order valence-electron chi connectivity index (χ3n) is 2.51. The molecule has 0 aromatic carbocycles. The fourth-order valence-electron chi connectivity index (χ4n) is 1.60. The highest BCUT2D eigenvalue weighted by atomic mass is 32.2. The molecule has 2 rings (SSSR count). The summed E-state index contributed by atoms with van der Waals surface area (Å²) in [7, 11) is 0. The Bertz CT molecular complexity index is 149. The lowest BCUT2D eigenvalue weighted by atomic mass is 9.68. The summed E-state index contributed by atoms with van der Waals surface area (Å²) in [6.07, 6.45) is 3.64. The van der Waals surface area contributed by atoms with Gasteiger partial charge in [-0.25, -0.2) is 0 Å². The van der Waals surface area contributed by atoms with Crippen LogP contribution in [-0.2, 0) is 4.79 Å². The average Bonchev–Trinajstić information content (AvgIpc) is 2.07. The van der Waals surface area contributed by atoms with Crippen LogP contribution in [0.25, 0.3) is 0 Å². The molecule has 1 spiro atoms. The molecule has 0 bridgehead atoms. The zero-order chi connectivity index (χ0) is 6.32. The van der Waals surface area contributed by atoms with Crippen LogP contribution in [0.15, 0.2) is 0 Å². The molecule has 0 aromatic heterocycles. The zero-order valence-corrected chi connectivity index (χ0v) is 6.17. The van der Waals surface area contributed by atoms with Crippen LogP contribution < -0.4 is 0 Å². The molecule has 1 saturated carbocycles. The number of hydrogen-bond acceptors (Lipinski definition) is 2. The van der Waals surface area contributed by atoms with E-state index in [9.17, 15) is 4.79 Å². The number of carbonyl (C=O) groups excluding carboxylic acids is 1. The van der Waals surface area contributed by atoms with E-state index >= 15 is 0 Å². The summed E-state index contributed by atoms with van der Waals surface area (Å²) in [4.78, 5) is 11.2.